The highest BCUT2D eigenvalue weighted by atomic mass is 35.5. The molecule has 99 heavy (non-hydrogen) atoms. The smallest absolute Gasteiger partial charge is 0.410 e. The third kappa shape index (κ3) is 22.9. The number of aromatic carboxylic acids is 1. The van der Waals surface area contributed by atoms with Crippen molar-refractivity contribution in [2.24, 2.45) is 27.8 Å². The zero-order chi connectivity index (χ0) is 72.5. The van der Waals surface area contributed by atoms with Gasteiger partial charge in [0.2, 0.25) is 21.8 Å². The van der Waals surface area contributed by atoms with E-state index in [2.05, 4.69) is 52.6 Å². The molecule has 2 aliphatic carbocycles. The number of nitrogens with one attached hydrogen (secondary N) is 1. The molecule has 2 saturated carbocycles. The van der Waals surface area contributed by atoms with Crippen LogP contribution in [0.25, 0.3) is 11.6 Å². The SMILES string of the molecule is CC(C)(C)OC(=O)N1C[C@@H](CCCOc2cccc(S(N)(=O)=O)c2)CC1(C)C.CC1(CCOc2ccn(-c3ccc(C(=O)NS(=O)(=O)c4cccc(OCCC[C@@H]5CN(C(=O)OC(C)(C)C)C(C)(C)C5)c4)c(Cl)n3)n2)CC1.CC1(CCOc2ccn(-c3ccc(C(=O)O)c(Cl)n3)n2)CC1. The molecule has 10 rings (SSSR count). The first-order valence-electron chi connectivity index (χ1n) is 33.2. The number of amides is 3. The molecule has 4 fully saturated rings. The number of pyridine rings is 2. The Balaban J connectivity index is 0.000000210. The van der Waals surface area contributed by atoms with Gasteiger partial charge in [0.15, 0.2) is 11.6 Å². The Morgan fingerprint density at radius 2 is 1.00 bits per heavy atom. The lowest BCUT2D eigenvalue weighted by Crippen LogP contribution is -2.45. The van der Waals surface area contributed by atoms with E-state index < -0.39 is 43.1 Å². The van der Waals surface area contributed by atoms with E-state index in [0.717, 1.165) is 44.9 Å². The predicted molar refractivity (Wildman–Crippen MR) is 373 cm³/mol. The number of benzene rings is 2. The van der Waals surface area contributed by atoms with Crippen LogP contribution in [0.15, 0.2) is 107 Å². The average Bonchev–Trinajstić information content (AvgIpc) is 1.77. The van der Waals surface area contributed by atoms with Gasteiger partial charge in [0, 0.05) is 60.8 Å². The van der Waals surface area contributed by atoms with Crippen LogP contribution in [-0.2, 0) is 29.5 Å². The van der Waals surface area contributed by atoms with Crippen LogP contribution < -0.4 is 28.8 Å². The maximum atomic E-state index is 13.1. The van der Waals surface area contributed by atoms with Crippen molar-refractivity contribution in [1.82, 2.24) is 44.1 Å². The molecule has 6 heterocycles. The number of nitrogens with zero attached hydrogens (tertiary/aromatic N) is 8. The molecular formula is C70H94Cl2N10O15S2. The van der Waals surface area contributed by atoms with E-state index in [-0.39, 0.29) is 54.5 Å². The van der Waals surface area contributed by atoms with Crippen molar-refractivity contribution in [3.63, 3.8) is 0 Å². The largest absolute Gasteiger partial charge is 0.494 e. The van der Waals surface area contributed by atoms with Gasteiger partial charge in [-0.1, -0.05) is 49.2 Å². The minimum Gasteiger partial charge on any atom is -0.494 e. The Kier molecular flexibility index (Phi) is 24.5. The molecule has 0 bridgehead atoms. The molecule has 3 amide bonds. The lowest BCUT2D eigenvalue weighted by molar-refractivity contribution is 0.0118. The number of hydrogen-bond donors (Lipinski definition) is 3. The van der Waals surface area contributed by atoms with E-state index in [1.165, 1.54) is 77.5 Å². The number of sulfonamides is 2. The summed E-state index contributed by atoms with van der Waals surface area (Å²) in [6.45, 7) is 27.2. The quantitative estimate of drug-likeness (QED) is 0.0354. The Labute approximate surface area is 590 Å². The van der Waals surface area contributed by atoms with Crippen LogP contribution in [-0.4, -0.2) is 147 Å². The van der Waals surface area contributed by atoms with Crippen molar-refractivity contribution in [2.45, 2.75) is 192 Å². The number of carboxylic acids is 1. The molecule has 2 saturated heterocycles. The second-order valence-corrected chi connectivity index (χ2v) is 33.7. The highest BCUT2D eigenvalue weighted by Crippen LogP contribution is 2.49. The summed E-state index contributed by atoms with van der Waals surface area (Å²) in [5, 5.41) is 22.5. The Hall–Kier alpha value is -7.72. The minimum atomic E-state index is -4.25. The van der Waals surface area contributed by atoms with Crippen LogP contribution in [0.2, 0.25) is 10.3 Å². The molecule has 0 spiro atoms. The summed E-state index contributed by atoms with van der Waals surface area (Å²) in [6, 6.07) is 21.5. The summed E-state index contributed by atoms with van der Waals surface area (Å²) < 4.78 is 88.2. The van der Waals surface area contributed by atoms with Gasteiger partial charge in [-0.2, -0.15) is 0 Å². The van der Waals surface area contributed by atoms with Crippen LogP contribution in [0.1, 0.15) is 181 Å². The fourth-order valence-corrected chi connectivity index (χ4v) is 13.5. The van der Waals surface area contributed by atoms with E-state index >= 15 is 0 Å². The van der Waals surface area contributed by atoms with Crippen LogP contribution in [0.3, 0.4) is 0 Å². The maximum Gasteiger partial charge on any atom is 0.410 e. The molecule has 4 N–H and O–H groups in total. The molecule has 0 unspecified atom stereocenters. The number of carbonyl (C=O) groups is 4. The molecule has 4 aromatic heterocycles. The second-order valence-electron chi connectivity index (χ2n) is 29.7. The number of rotatable bonds is 25. The molecule has 6 aromatic rings. The highest BCUT2D eigenvalue weighted by Gasteiger charge is 2.44. The molecule has 2 atom stereocenters. The first kappa shape index (κ1) is 77.0. The topological polar surface area (TPSA) is 318 Å². The number of hydrogen-bond acceptors (Lipinski definition) is 18. The second kappa shape index (κ2) is 31.4. The van der Waals surface area contributed by atoms with Crippen molar-refractivity contribution in [1.29, 1.82) is 0 Å². The van der Waals surface area contributed by atoms with E-state index in [0.29, 0.717) is 103 Å². The standard InChI is InChI=1S/C35H46ClN5O7S.C20H32N2O5S.C15H16ClN3O3/c1-33(2,3)48-32(43)40-23-24(22-34(40,4)5)9-8-19-46-25-10-7-11-26(21-25)49(44,45)39-31(42)27-12-13-28(37-30(27)36)41-18-14-29(38-41)47-20-17-35(6)15-16-35;1-19(2,3)27-18(23)22-14-15(13-20(22,4)5)8-7-11-26-16-9-6-10-17(12-16)28(21,24)25;1-15(5-6-15)7-9-22-12-4-8-19(18-12)11-3-2-10(14(20)21)13(16)17-11/h7,10-14,18,21,24H,8-9,15-17,19-20,22-23H2,1-6H3,(H,39,42);6,9-10,12,15H,7-8,11,13-14H2,1-5H3,(H2,21,24,25);2-4,8H,5-7,9H2,1H3,(H,20,21)/t24-;15-;/m00./s1. The molecule has 2 aromatic carbocycles. The monoisotopic (exact) mass is 1450 g/mol. The summed E-state index contributed by atoms with van der Waals surface area (Å²) in [5.41, 5.74) is -0.936. The highest BCUT2D eigenvalue weighted by molar-refractivity contribution is 7.90. The Morgan fingerprint density at radius 1 is 0.586 bits per heavy atom. The number of nitrogens with two attached hydrogens (primary N) is 1. The number of ether oxygens (including phenoxy) is 6. The zero-order valence-electron chi connectivity index (χ0n) is 58.5. The minimum absolute atomic E-state index is 0.0354. The summed E-state index contributed by atoms with van der Waals surface area (Å²) in [4.78, 5) is 60.9. The lowest BCUT2D eigenvalue weighted by Gasteiger charge is -2.33. The van der Waals surface area contributed by atoms with Gasteiger partial charge in [-0.25, -0.2) is 60.4 Å². The van der Waals surface area contributed by atoms with Crippen molar-refractivity contribution < 1.29 is 69.5 Å². The van der Waals surface area contributed by atoms with Gasteiger partial charge in [0.05, 0.1) is 47.3 Å². The first-order valence-corrected chi connectivity index (χ1v) is 37.0. The number of carboxylic acid groups (broad SMARTS) is 1. The number of primary sulfonamides is 1. The van der Waals surface area contributed by atoms with Gasteiger partial charge < -0.3 is 43.3 Å². The summed E-state index contributed by atoms with van der Waals surface area (Å²) >= 11 is 12.2. The van der Waals surface area contributed by atoms with Gasteiger partial charge >= 0.3 is 18.2 Å². The van der Waals surface area contributed by atoms with E-state index in [1.54, 1.807) is 59.8 Å². The molecule has 0 radical (unpaired) electrons. The van der Waals surface area contributed by atoms with Gasteiger partial charge in [0.25, 0.3) is 15.9 Å². The molecule has 2 aliphatic heterocycles. The third-order valence-electron chi connectivity index (χ3n) is 17.5. The van der Waals surface area contributed by atoms with Gasteiger partial charge in [-0.15, -0.1) is 10.2 Å². The van der Waals surface area contributed by atoms with Crippen LogP contribution in [0, 0.1) is 22.7 Å². The zero-order valence-corrected chi connectivity index (χ0v) is 61.7. The third-order valence-corrected chi connectivity index (χ3v) is 20.4. The molecule has 4 aliphatic rings. The van der Waals surface area contributed by atoms with Gasteiger partial charge in [-0.3, -0.25) is 4.79 Å². The summed E-state index contributed by atoms with van der Waals surface area (Å²) in [7, 11) is -7.99. The van der Waals surface area contributed by atoms with E-state index in [9.17, 15) is 36.0 Å². The summed E-state index contributed by atoms with van der Waals surface area (Å²) in [6.07, 6.45) is 14.8. The van der Waals surface area contributed by atoms with Crippen molar-refractivity contribution in [3.8, 4) is 34.9 Å². The van der Waals surface area contributed by atoms with E-state index in [1.807, 2.05) is 60.3 Å². The predicted octanol–water partition coefficient (Wildman–Crippen LogP) is 13.5. The lowest BCUT2D eigenvalue weighted by atomic mass is 9.93. The maximum absolute atomic E-state index is 13.1. The Bertz CT molecular complexity index is 4070. The van der Waals surface area contributed by atoms with Crippen LogP contribution in [0.5, 0.6) is 23.3 Å². The van der Waals surface area contributed by atoms with Crippen LogP contribution in [0.4, 0.5) is 9.59 Å². The normalized spacial score (nSPS) is 18.0. The summed E-state index contributed by atoms with van der Waals surface area (Å²) in [5.74, 6) is 1.22. The number of likely N-dealkylation sites (tertiary alicyclic amines) is 2. The average molecular weight is 1450 g/mol. The molecule has 29 heteroatoms. The fourth-order valence-electron chi connectivity index (χ4n) is 11.5. The number of aromatic nitrogens is 6. The molecular weight excluding hydrogens is 1360 g/mol. The van der Waals surface area contributed by atoms with Crippen molar-refractivity contribution in [3.05, 3.63) is 119 Å². The number of carbonyl (C=O) groups excluding carboxylic acids is 3. The van der Waals surface area contributed by atoms with Gasteiger partial charge in [-0.05, 0) is 217 Å². The van der Waals surface area contributed by atoms with Crippen molar-refractivity contribution >= 4 is 67.3 Å². The number of halogens is 2. The van der Waals surface area contributed by atoms with E-state index in [4.69, 9.17) is 61.9 Å². The van der Waals surface area contributed by atoms with Crippen molar-refractivity contribution in [2.75, 3.05) is 39.5 Å². The fraction of sp³-hybridized carbons (Fsp3) is 0.543. The molecule has 25 nitrogen and oxygen atoms in total. The van der Waals surface area contributed by atoms with Crippen LogP contribution >= 0.6 is 23.2 Å². The molecule has 540 valence electrons. The van der Waals surface area contributed by atoms with Gasteiger partial charge in [0.1, 0.15) is 33.0 Å². The Morgan fingerprint density at radius 3 is 1.39 bits per heavy atom. The first-order chi connectivity index (χ1) is 46.2.